The minimum absolute atomic E-state index is 0.328. The van der Waals surface area contributed by atoms with Crippen molar-refractivity contribution in [2.45, 2.75) is 39.7 Å². The Balaban J connectivity index is 2.63. The summed E-state index contributed by atoms with van der Waals surface area (Å²) in [5.74, 6) is -0.328. The van der Waals surface area contributed by atoms with Crippen LogP contribution in [0.25, 0.3) is 0 Å². The first kappa shape index (κ1) is 19.6. The molecule has 0 amide bonds. The lowest BCUT2D eigenvalue weighted by Gasteiger charge is -2.30. The van der Waals surface area contributed by atoms with Gasteiger partial charge in [-0.15, -0.1) is 0 Å². The van der Waals surface area contributed by atoms with E-state index in [1.807, 2.05) is 32.0 Å². The van der Waals surface area contributed by atoms with Crippen LogP contribution in [0.4, 0.5) is 0 Å². The van der Waals surface area contributed by atoms with Crippen LogP contribution in [-0.4, -0.2) is 34.4 Å². The molecule has 0 N–H and O–H groups in total. The van der Waals surface area contributed by atoms with Gasteiger partial charge in [0.05, 0.1) is 6.61 Å². The van der Waals surface area contributed by atoms with Crippen LogP contribution in [0.1, 0.15) is 33.6 Å². The SMILES string of the molecule is C=C(C)C(=O)OCCCC[Si](OCC)(OCC)c1ccccc1. The smallest absolute Gasteiger partial charge is 0.372 e. The molecule has 0 bridgehead atoms. The zero-order valence-electron chi connectivity index (χ0n) is 14.5. The number of ether oxygens (including phenoxy) is 1. The first-order valence-corrected chi connectivity index (χ1v) is 10.2. The van der Waals surface area contributed by atoms with E-state index in [9.17, 15) is 4.79 Å². The Morgan fingerprint density at radius 2 is 1.70 bits per heavy atom. The summed E-state index contributed by atoms with van der Waals surface area (Å²) >= 11 is 0. The van der Waals surface area contributed by atoms with E-state index < -0.39 is 8.56 Å². The van der Waals surface area contributed by atoms with Gasteiger partial charge in [-0.2, -0.15) is 0 Å². The Morgan fingerprint density at radius 3 is 2.22 bits per heavy atom. The Morgan fingerprint density at radius 1 is 1.09 bits per heavy atom. The molecule has 0 saturated heterocycles. The highest BCUT2D eigenvalue weighted by Crippen LogP contribution is 2.18. The predicted molar refractivity (Wildman–Crippen MR) is 94.9 cm³/mol. The van der Waals surface area contributed by atoms with Gasteiger partial charge in [0, 0.05) is 18.8 Å². The molecule has 0 spiro atoms. The summed E-state index contributed by atoms with van der Waals surface area (Å²) < 4.78 is 17.4. The molecule has 0 aliphatic rings. The van der Waals surface area contributed by atoms with Crippen molar-refractivity contribution in [2.75, 3.05) is 19.8 Å². The number of hydrogen-bond acceptors (Lipinski definition) is 4. The lowest BCUT2D eigenvalue weighted by molar-refractivity contribution is -0.139. The van der Waals surface area contributed by atoms with Gasteiger partial charge in [0.15, 0.2) is 0 Å². The number of rotatable bonds is 11. The van der Waals surface area contributed by atoms with E-state index >= 15 is 0 Å². The number of unbranched alkanes of at least 4 members (excludes halogenated alkanes) is 1. The highest BCUT2D eigenvalue weighted by atomic mass is 28.4. The van der Waals surface area contributed by atoms with Gasteiger partial charge < -0.3 is 13.6 Å². The van der Waals surface area contributed by atoms with Gasteiger partial charge >= 0.3 is 14.5 Å². The van der Waals surface area contributed by atoms with E-state index in [1.54, 1.807) is 6.92 Å². The number of carbonyl (C=O) groups is 1. The van der Waals surface area contributed by atoms with Gasteiger partial charge in [-0.05, 0) is 44.8 Å². The van der Waals surface area contributed by atoms with E-state index in [4.69, 9.17) is 13.6 Å². The lowest BCUT2D eigenvalue weighted by atomic mass is 10.3. The van der Waals surface area contributed by atoms with E-state index in [0.717, 1.165) is 24.1 Å². The molecule has 0 heterocycles. The van der Waals surface area contributed by atoms with Crippen molar-refractivity contribution in [3.63, 3.8) is 0 Å². The van der Waals surface area contributed by atoms with Gasteiger partial charge in [0.1, 0.15) is 0 Å². The van der Waals surface area contributed by atoms with Crippen LogP contribution in [0, 0.1) is 0 Å². The first-order valence-electron chi connectivity index (χ1n) is 8.21. The molecule has 1 aromatic carbocycles. The number of carbonyl (C=O) groups excluding carboxylic acids is 1. The molecular weight excluding hydrogens is 308 g/mol. The minimum Gasteiger partial charge on any atom is -0.462 e. The van der Waals surface area contributed by atoms with Crippen LogP contribution >= 0.6 is 0 Å². The molecule has 4 nitrogen and oxygen atoms in total. The van der Waals surface area contributed by atoms with Gasteiger partial charge in [-0.3, -0.25) is 0 Å². The van der Waals surface area contributed by atoms with Crippen LogP contribution < -0.4 is 5.19 Å². The van der Waals surface area contributed by atoms with E-state index in [0.29, 0.717) is 25.4 Å². The molecule has 0 aromatic heterocycles. The summed E-state index contributed by atoms with van der Waals surface area (Å²) in [5.41, 5.74) is 0.432. The van der Waals surface area contributed by atoms with Crippen LogP contribution in [-0.2, 0) is 18.4 Å². The van der Waals surface area contributed by atoms with Crippen LogP contribution in [0.5, 0.6) is 0 Å². The zero-order valence-corrected chi connectivity index (χ0v) is 15.5. The molecular formula is C18H28O4Si. The maximum absolute atomic E-state index is 11.4. The second kappa shape index (κ2) is 10.4. The van der Waals surface area contributed by atoms with Crippen LogP contribution in [0.15, 0.2) is 42.5 Å². The Labute approximate surface area is 140 Å². The molecule has 128 valence electrons. The van der Waals surface area contributed by atoms with Crippen molar-refractivity contribution >= 4 is 19.7 Å². The average Bonchev–Trinajstić information content (AvgIpc) is 2.55. The van der Waals surface area contributed by atoms with Crippen molar-refractivity contribution < 1.29 is 18.4 Å². The van der Waals surface area contributed by atoms with E-state index in [1.165, 1.54) is 0 Å². The number of hydrogen-bond donors (Lipinski definition) is 0. The molecule has 0 unspecified atom stereocenters. The second-order valence-corrected chi connectivity index (χ2v) is 8.52. The largest absolute Gasteiger partial charge is 0.462 e. The number of esters is 1. The Hall–Kier alpha value is -1.43. The van der Waals surface area contributed by atoms with Crippen molar-refractivity contribution in [3.8, 4) is 0 Å². The van der Waals surface area contributed by atoms with Crippen LogP contribution in [0.2, 0.25) is 6.04 Å². The third-order valence-corrected chi connectivity index (χ3v) is 7.19. The third kappa shape index (κ3) is 6.29. The van der Waals surface area contributed by atoms with Crippen molar-refractivity contribution in [1.29, 1.82) is 0 Å². The molecule has 5 heteroatoms. The lowest BCUT2D eigenvalue weighted by Crippen LogP contribution is -2.53. The summed E-state index contributed by atoms with van der Waals surface area (Å²) in [7, 11) is -2.43. The highest BCUT2D eigenvalue weighted by Gasteiger charge is 2.38. The molecule has 0 aliphatic heterocycles. The van der Waals surface area contributed by atoms with Gasteiger partial charge in [0.25, 0.3) is 0 Å². The normalized spacial score (nSPS) is 11.3. The van der Waals surface area contributed by atoms with Gasteiger partial charge in [-0.25, -0.2) is 4.79 Å². The highest BCUT2D eigenvalue weighted by molar-refractivity contribution is 6.81. The average molecular weight is 337 g/mol. The molecule has 0 fully saturated rings. The van der Waals surface area contributed by atoms with Crippen molar-refractivity contribution in [3.05, 3.63) is 42.5 Å². The zero-order chi connectivity index (χ0) is 17.1. The topological polar surface area (TPSA) is 44.8 Å². The monoisotopic (exact) mass is 336 g/mol. The summed E-state index contributed by atoms with van der Waals surface area (Å²) in [6.45, 7) is 10.9. The van der Waals surface area contributed by atoms with E-state index in [-0.39, 0.29) is 5.97 Å². The van der Waals surface area contributed by atoms with Crippen LogP contribution in [0.3, 0.4) is 0 Å². The molecule has 0 saturated carbocycles. The maximum Gasteiger partial charge on any atom is 0.372 e. The predicted octanol–water partition coefficient (Wildman–Crippen LogP) is 3.31. The van der Waals surface area contributed by atoms with Crippen molar-refractivity contribution in [2.24, 2.45) is 0 Å². The first-order chi connectivity index (χ1) is 11.1. The number of benzene rings is 1. The molecule has 23 heavy (non-hydrogen) atoms. The van der Waals surface area contributed by atoms with Gasteiger partial charge in [-0.1, -0.05) is 36.9 Å². The molecule has 0 radical (unpaired) electrons. The molecule has 0 aliphatic carbocycles. The quantitative estimate of drug-likeness (QED) is 0.269. The summed E-state index contributed by atoms with van der Waals surface area (Å²) in [6.07, 6.45) is 1.69. The Bertz CT molecular complexity index is 481. The standard InChI is InChI=1S/C18H28O4Si/c1-5-21-23(22-6-2,17-12-8-7-9-13-17)15-11-10-14-20-18(19)16(3)4/h7-9,12-13H,3,5-6,10-11,14-15H2,1-2,4H3. The molecule has 0 atom stereocenters. The molecule has 1 rings (SSSR count). The second-order valence-electron chi connectivity index (χ2n) is 5.36. The summed E-state index contributed by atoms with van der Waals surface area (Å²) in [6, 6.07) is 11.0. The minimum atomic E-state index is -2.43. The van der Waals surface area contributed by atoms with Gasteiger partial charge in [0.2, 0.25) is 0 Å². The third-order valence-electron chi connectivity index (χ3n) is 3.45. The molecule has 1 aromatic rings. The Kier molecular flexibility index (Phi) is 8.84. The summed E-state index contributed by atoms with van der Waals surface area (Å²) in [4.78, 5) is 11.4. The summed E-state index contributed by atoms with van der Waals surface area (Å²) in [5, 5.41) is 1.16. The fourth-order valence-corrected chi connectivity index (χ4v) is 5.75. The maximum atomic E-state index is 11.4. The van der Waals surface area contributed by atoms with E-state index in [2.05, 4.69) is 18.7 Å². The van der Waals surface area contributed by atoms with Crippen molar-refractivity contribution in [1.82, 2.24) is 0 Å². The fourth-order valence-electron chi connectivity index (χ4n) is 2.40. The fraction of sp³-hybridized carbons (Fsp3) is 0.500.